The van der Waals surface area contributed by atoms with Gasteiger partial charge in [0.05, 0.1) is 30.5 Å². The fourth-order valence-electron chi connectivity index (χ4n) is 5.65. The Balaban J connectivity index is 1.52. The first-order valence-electron chi connectivity index (χ1n) is 12.7. The van der Waals surface area contributed by atoms with E-state index in [2.05, 4.69) is 16.8 Å². The molecule has 4 aromatic rings. The molecule has 0 saturated carbocycles. The number of hydrogen-bond acceptors (Lipinski definition) is 5. The number of ether oxygens (including phenoxy) is 1. The summed E-state index contributed by atoms with van der Waals surface area (Å²) in [4.78, 5) is 31.3. The smallest absolute Gasteiger partial charge is 0.254 e. The molecule has 1 amide bonds. The van der Waals surface area contributed by atoms with E-state index in [0.29, 0.717) is 37.6 Å². The molecule has 0 spiro atoms. The van der Waals surface area contributed by atoms with E-state index in [1.165, 1.54) is 12.1 Å². The summed E-state index contributed by atoms with van der Waals surface area (Å²) in [6, 6.07) is 14.2. The molecule has 4 heterocycles. The Morgan fingerprint density at radius 2 is 1.97 bits per heavy atom. The topological polar surface area (TPSA) is 74.3 Å². The highest BCUT2D eigenvalue weighted by atomic mass is 19.1. The van der Waals surface area contributed by atoms with Gasteiger partial charge in [0.25, 0.3) is 5.91 Å². The van der Waals surface area contributed by atoms with E-state index in [1.54, 1.807) is 12.1 Å². The van der Waals surface area contributed by atoms with Crippen LogP contribution in [0.15, 0.2) is 54.7 Å². The summed E-state index contributed by atoms with van der Waals surface area (Å²) in [5.41, 5.74) is 3.45. The fraction of sp³-hybridized carbons (Fsp3) is 0.345. The fourth-order valence-corrected chi connectivity index (χ4v) is 5.65. The van der Waals surface area contributed by atoms with Crippen LogP contribution in [-0.2, 0) is 16.7 Å². The Kier molecular flexibility index (Phi) is 5.71. The number of benzene rings is 2. The number of amides is 1. The zero-order valence-corrected chi connectivity index (χ0v) is 21.3. The van der Waals surface area contributed by atoms with Crippen LogP contribution in [-0.4, -0.2) is 58.1 Å². The highest BCUT2D eigenvalue weighted by molar-refractivity contribution is 5.95. The Hall–Kier alpha value is -3.78. The Labute approximate surface area is 215 Å². The van der Waals surface area contributed by atoms with Gasteiger partial charge in [-0.2, -0.15) is 0 Å². The Morgan fingerprint density at radius 3 is 2.78 bits per heavy atom. The molecule has 0 radical (unpaired) electrons. The van der Waals surface area contributed by atoms with Crippen LogP contribution in [0.25, 0.3) is 22.3 Å². The van der Waals surface area contributed by atoms with E-state index in [0.717, 1.165) is 40.1 Å². The molecule has 6 rings (SSSR count). The van der Waals surface area contributed by atoms with Crippen molar-refractivity contribution in [1.82, 2.24) is 19.9 Å². The average Bonchev–Trinajstić information content (AvgIpc) is 3.37. The molecule has 7 nitrogen and oxygen atoms in total. The third-order valence-corrected chi connectivity index (χ3v) is 7.62. The maximum Gasteiger partial charge on any atom is 0.254 e. The maximum absolute atomic E-state index is 14.0. The second kappa shape index (κ2) is 8.95. The Bertz CT molecular complexity index is 1500. The van der Waals surface area contributed by atoms with Crippen molar-refractivity contribution in [3.63, 3.8) is 0 Å². The number of H-pyrrole nitrogens is 1. The van der Waals surface area contributed by atoms with E-state index < -0.39 is 11.4 Å². The summed E-state index contributed by atoms with van der Waals surface area (Å²) in [6.07, 6.45) is 2.54. The standard InChI is InChI=1S/C29H30FN5O2/c1-18-17-37-15-14-34(18)27-23-11-13-35(28(36)19-6-4-7-20(30)16-19)29(2,3)25(23)32-26(33-27)22-8-5-9-24-21(22)10-12-31-24/h4-10,12,16,18,31H,11,13-15,17H2,1-3H3/t18-/m1/s1. The van der Waals surface area contributed by atoms with Gasteiger partial charge in [0, 0.05) is 46.9 Å². The summed E-state index contributed by atoms with van der Waals surface area (Å²) in [7, 11) is 0. The van der Waals surface area contributed by atoms with E-state index >= 15 is 0 Å². The van der Waals surface area contributed by atoms with Gasteiger partial charge in [0.2, 0.25) is 0 Å². The zero-order valence-electron chi connectivity index (χ0n) is 21.3. The third-order valence-electron chi connectivity index (χ3n) is 7.62. The minimum atomic E-state index is -0.731. The number of nitrogens with zero attached hydrogens (tertiary/aromatic N) is 4. The number of carbonyl (C=O) groups is 1. The molecule has 2 aliphatic rings. The van der Waals surface area contributed by atoms with Gasteiger partial charge in [-0.25, -0.2) is 14.4 Å². The highest BCUT2D eigenvalue weighted by Gasteiger charge is 2.42. The van der Waals surface area contributed by atoms with E-state index in [-0.39, 0.29) is 11.9 Å². The molecule has 190 valence electrons. The average molecular weight is 500 g/mol. The minimum absolute atomic E-state index is 0.165. The van der Waals surface area contributed by atoms with Crippen molar-refractivity contribution in [2.45, 2.75) is 38.8 Å². The molecule has 2 aromatic heterocycles. The SMILES string of the molecule is C[C@@H]1COCCN1c1nc(-c2cccc3[nH]ccc23)nc2c1CCN(C(=O)c1cccc(F)c1)C2(C)C. The van der Waals surface area contributed by atoms with E-state index in [9.17, 15) is 9.18 Å². The number of halogens is 1. The molecule has 2 aromatic carbocycles. The van der Waals surface area contributed by atoms with Gasteiger partial charge in [-0.05, 0) is 57.5 Å². The van der Waals surface area contributed by atoms with Gasteiger partial charge < -0.3 is 19.5 Å². The molecule has 1 N–H and O–H groups in total. The van der Waals surface area contributed by atoms with E-state index in [4.69, 9.17) is 14.7 Å². The second-order valence-corrected chi connectivity index (χ2v) is 10.3. The predicted octanol–water partition coefficient (Wildman–Crippen LogP) is 4.92. The summed E-state index contributed by atoms with van der Waals surface area (Å²) >= 11 is 0. The lowest BCUT2D eigenvalue weighted by molar-refractivity contribution is 0.0500. The monoisotopic (exact) mass is 499 g/mol. The summed E-state index contributed by atoms with van der Waals surface area (Å²) in [5.74, 6) is 0.915. The second-order valence-electron chi connectivity index (χ2n) is 10.3. The van der Waals surface area contributed by atoms with Crippen molar-refractivity contribution < 1.29 is 13.9 Å². The van der Waals surface area contributed by atoms with Crippen LogP contribution < -0.4 is 4.90 Å². The van der Waals surface area contributed by atoms with Crippen molar-refractivity contribution in [2.75, 3.05) is 31.2 Å². The third kappa shape index (κ3) is 3.96. The van der Waals surface area contributed by atoms with Crippen LogP contribution in [0.3, 0.4) is 0 Å². The van der Waals surface area contributed by atoms with Crippen LogP contribution in [0.2, 0.25) is 0 Å². The number of aromatic amines is 1. The molecule has 2 aliphatic heterocycles. The van der Waals surface area contributed by atoms with Crippen LogP contribution in [0.4, 0.5) is 10.2 Å². The maximum atomic E-state index is 14.0. The van der Waals surface area contributed by atoms with Crippen LogP contribution in [0.5, 0.6) is 0 Å². The number of carbonyl (C=O) groups excluding carboxylic acids is 1. The van der Waals surface area contributed by atoms with Crippen molar-refractivity contribution in [3.05, 3.63) is 77.4 Å². The van der Waals surface area contributed by atoms with Crippen molar-refractivity contribution >= 4 is 22.6 Å². The first-order chi connectivity index (χ1) is 17.8. The number of anilines is 1. The molecule has 0 aliphatic carbocycles. The van der Waals surface area contributed by atoms with Crippen LogP contribution in [0, 0.1) is 5.82 Å². The minimum Gasteiger partial charge on any atom is -0.377 e. The zero-order chi connectivity index (χ0) is 25.7. The van der Waals surface area contributed by atoms with Gasteiger partial charge in [-0.3, -0.25) is 4.79 Å². The molecule has 1 fully saturated rings. The number of morpholine rings is 1. The van der Waals surface area contributed by atoms with E-state index in [1.807, 2.05) is 49.2 Å². The number of hydrogen-bond donors (Lipinski definition) is 1. The first kappa shape index (κ1) is 23.6. The largest absolute Gasteiger partial charge is 0.377 e. The molecule has 37 heavy (non-hydrogen) atoms. The molecular formula is C29H30FN5O2. The highest BCUT2D eigenvalue weighted by Crippen LogP contribution is 2.41. The van der Waals surface area contributed by atoms with Crippen molar-refractivity contribution in [1.29, 1.82) is 0 Å². The van der Waals surface area contributed by atoms with Gasteiger partial charge in [-0.1, -0.05) is 18.2 Å². The van der Waals surface area contributed by atoms with Gasteiger partial charge in [-0.15, -0.1) is 0 Å². The molecule has 0 bridgehead atoms. The van der Waals surface area contributed by atoms with Gasteiger partial charge in [0.1, 0.15) is 11.6 Å². The van der Waals surface area contributed by atoms with Crippen molar-refractivity contribution in [2.24, 2.45) is 0 Å². The van der Waals surface area contributed by atoms with Crippen LogP contribution in [0.1, 0.15) is 42.4 Å². The number of aromatic nitrogens is 3. The molecule has 8 heteroatoms. The van der Waals surface area contributed by atoms with Gasteiger partial charge >= 0.3 is 0 Å². The van der Waals surface area contributed by atoms with Crippen LogP contribution >= 0.6 is 0 Å². The lowest BCUT2D eigenvalue weighted by Crippen LogP contribution is -2.52. The van der Waals surface area contributed by atoms with Crippen molar-refractivity contribution in [3.8, 4) is 11.4 Å². The summed E-state index contributed by atoms with van der Waals surface area (Å²) in [6.45, 7) is 8.69. The lowest BCUT2D eigenvalue weighted by atomic mass is 9.86. The first-order valence-corrected chi connectivity index (χ1v) is 12.7. The van der Waals surface area contributed by atoms with Gasteiger partial charge in [0.15, 0.2) is 5.82 Å². The number of fused-ring (bicyclic) bond motifs is 2. The summed E-state index contributed by atoms with van der Waals surface area (Å²) < 4.78 is 19.7. The summed E-state index contributed by atoms with van der Waals surface area (Å²) in [5, 5.41) is 1.05. The number of rotatable bonds is 3. The molecule has 1 atom stereocenters. The normalized spacial score (nSPS) is 19.2. The molecular weight excluding hydrogens is 469 g/mol. The quantitative estimate of drug-likeness (QED) is 0.433. The molecule has 0 unspecified atom stereocenters. The molecule has 1 saturated heterocycles. The number of nitrogens with one attached hydrogen (secondary N) is 1. The Morgan fingerprint density at radius 1 is 1.14 bits per heavy atom. The lowest BCUT2D eigenvalue weighted by Gasteiger charge is -2.45. The predicted molar refractivity (Wildman–Crippen MR) is 141 cm³/mol.